The number of hydrogen-bond acceptors (Lipinski definition) is 3. The van der Waals surface area contributed by atoms with Crippen LogP contribution in [0.5, 0.6) is 0 Å². The van der Waals surface area contributed by atoms with E-state index in [1.807, 2.05) is 18.2 Å². The van der Waals surface area contributed by atoms with E-state index in [4.69, 9.17) is 23.2 Å². The van der Waals surface area contributed by atoms with Crippen molar-refractivity contribution in [2.75, 3.05) is 13.1 Å². The standard InChI is InChI=1S/C23H27Cl2N3O2/c1-16(27-23(30)19-10-7-11-20(24)21(19)25)22(29)26-14-17-8-3-4-9-18(17)15-28-12-5-2-6-13-28/h3-4,7-11,16H,2,5-6,12-15H2,1H3,(H,26,29)(H,27,30). The molecule has 1 heterocycles. The Kier molecular flexibility index (Phi) is 8.14. The highest BCUT2D eigenvalue weighted by Gasteiger charge is 2.19. The number of halogens is 2. The smallest absolute Gasteiger partial charge is 0.253 e. The molecule has 1 unspecified atom stereocenters. The van der Waals surface area contributed by atoms with Gasteiger partial charge in [0.05, 0.1) is 15.6 Å². The molecular weight excluding hydrogens is 421 g/mol. The van der Waals surface area contributed by atoms with Crippen molar-refractivity contribution in [2.24, 2.45) is 0 Å². The zero-order valence-electron chi connectivity index (χ0n) is 17.1. The van der Waals surface area contributed by atoms with E-state index in [0.717, 1.165) is 25.2 Å². The molecule has 30 heavy (non-hydrogen) atoms. The summed E-state index contributed by atoms with van der Waals surface area (Å²) in [4.78, 5) is 27.4. The third-order valence-electron chi connectivity index (χ3n) is 5.35. The van der Waals surface area contributed by atoms with E-state index in [2.05, 4.69) is 21.6 Å². The first-order valence-corrected chi connectivity index (χ1v) is 11.0. The van der Waals surface area contributed by atoms with Crippen molar-refractivity contribution in [3.05, 3.63) is 69.2 Å². The molecule has 1 saturated heterocycles. The minimum absolute atomic E-state index is 0.177. The van der Waals surface area contributed by atoms with Gasteiger partial charge in [-0.15, -0.1) is 0 Å². The second kappa shape index (κ2) is 10.8. The van der Waals surface area contributed by atoms with Crippen molar-refractivity contribution in [1.29, 1.82) is 0 Å². The van der Waals surface area contributed by atoms with Crippen LogP contribution in [0.1, 0.15) is 47.7 Å². The molecule has 2 amide bonds. The fourth-order valence-corrected chi connectivity index (χ4v) is 3.98. The fraction of sp³-hybridized carbons (Fsp3) is 0.391. The molecule has 160 valence electrons. The van der Waals surface area contributed by atoms with Crippen molar-refractivity contribution in [1.82, 2.24) is 15.5 Å². The Bertz CT molecular complexity index is 898. The monoisotopic (exact) mass is 447 g/mol. The van der Waals surface area contributed by atoms with Crippen LogP contribution in [0.3, 0.4) is 0 Å². The summed E-state index contributed by atoms with van der Waals surface area (Å²) in [5.74, 6) is -0.690. The fourth-order valence-electron chi connectivity index (χ4n) is 3.60. The topological polar surface area (TPSA) is 61.4 Å². The lowest BCUT2D eigenvalue weighted by Crippen LogP contribution is -2.44. The molecule has 0 spiro atoms. The summed E-state index contributed by atoms with van der Waals surface area (Å²) in [7, 11) is 0. The van der Waals surface area contributed by atoms with E-state index in [1.165, 1.54) is 24.8 Å². The Morgan fingerprint density at radius 3 is 2.43 bits per heavy atom. The number of hydrogen-bond donors (Lipinski definition) is 2. The maximum absolute atomic E-state index is 12.5. The lowest BCUT2D eigenvalue weighted by Gasteiger charge is -2.27. The number of rotatable bonds is 7. The maximum Gasteiger partial charge on any atom is 0.253 e. The first-order chi connectivity index (χ1) is 14.5. The highest BCUT2D eigenvalue weighted by Crippen LogP contribution is 2.25. The van der Waals surface area contributed by atoms with Crippen LogP contribution >= 0.6 is 23.2 Å². The second-order valence-corrected chi connectivity index (χ2v) is 8.41. The predicted octanol–water partition coefficient (Wildman–Crippen LogP) is 4.41. The third-order valence-corrected chi connectivity index (χ3v) is 6.17. The molecule has 2 aromatic carbocycles. The van der Waals surface area contributed by atoms with Crippen molar-refractivity contribution in [3.8, 4) is 0 Å². The van der Waals surface area contributed by atoms with Gasteiger partial charge in [-0.1, -0.05) is 60.0 Å². The average molecular weight is 448 g/mol. The van der Waals surface area contributed by atoms with Gasteiger partial charge in [0.25, 0.3) is 5.91 Å². The van der Waals surface area contributed by atoms with Crippen LogP contribution in [0, 0.1) is 0 Å². The van der Waals surface area contributed by atoms with Crippen molar-refractivity contribution in [2.45, 2.75) is 45.3 Å². The summed E-state index contributed by atoms with van der Waals surface area (Å²) < 4.78 is 0. The Hall–Kier alpha value is -2.08. The molecule has 1 aliphatic rings. The van der Waals surface area contributed by atoms with Gasteiger partial charge in [-0.2, -0.15) is 0 Å². The number of amides is 2. The van der Waals surface area contributed by atoms with Crippen LogP contribution in [0.25, 0.3) is 0 Å². The Morgan fingerprint density at radius 1 is 1.00 bits per heavy atom. The molecule has 1 fully saturated rings. The number of likely N-dealkylation sites (tertiary alicyclic amines) is 1. The summed E-state index contributed by atoms with van der Waals surface area (Å²) in [6.07, 6.45) is 3.79. The quantitative estimate of drug-likeness (QED) is 0.660. The van der Waals surface area contributed by atoms with Crippen LogP contribution in [-0.4, -0.2) is 35.8 Å². The first-order valence-electron chi connectivity index (χ1n) is 10.3. The lowest BCUT2D eigenvalue weighted by atomic mass is 10.0. The van der Waals surface area contributed by atoms with Gasteiger partial charge in [0.2, 0.25) is 5.91 Å². The minimum atomic E-state index is -0.707. The van der Waals surface area contributed by atoms with E-state index in [0.29, 0.717) is 11.6 Å². The van der Waals surface area contributed by atoms with E-state index in [9.17, 15) is 9.59 Å². The highest BCUT2D eigenvalue weighted by molar-refractivity contribution is 6.43. The predicted molar refractivity (Wildman–Crippen MR) is 121 cm³/mol. The molecule has 1 aliphatic heterocycles. The number of nitrogens with one attached hydrogen (secondary N) is 2. The zero-order chi connectivity index (χ0) is 21.5. The third kappa shape index (κ3) is 5.97. The number of benzene rings is 2. The van der Waals surface area contributed by atoms with Gasteiger partial charge in [-0.05, 0) is 56.1 Å². The molecule has 2 N–H and O–H groups in total. The van der Waals surface area contributed by atoms with Crippen LogP contribution in [0.4, 0.5) is 0 Å². The molecule has 2 aromatic rings. The lowest BCUT2D eigenvalue weighted by molar-refractivity contribution is -0.122. The molecule has 5 nitrogen and oxygen atoms in total. The normalized spacial score (nSPS) is 15.4. The van der Waals surface area contributed by atoms with E-state index in [-0.39, 0.29) is 16.5 Å². The summed E-state index contributed by atoms with van der Waals surface area (Å²) in [6, 6.07) is 12.3. The number of carbonyl (C=O) groups is 2. The summed E-state index contributed by atoms with van der Waals surface area (Å²) in [5, 5.41) is 6.08. The Morgan fingerprint density at radius 2 is 1.70 bits per heavy atom. The van der Waals surface area contributed by atoms with Crippen LogP contribution in [0.15, 0.2) is 42.5 Å². The summed E-state index contributed by atoms with van der Waals surface area (Å²) in [5.41, 5.74) is 2.56. The van der Waals surface area contributed by atoms with Crippen LogP contribution in [0.2, 0.25) is 10.0 Å². The maximum atomic E-state index is 12.5. The molecule has 0 saturated carbocycles. The number of nitrogens with zero attached hydrogens (tertiary/aromatic N) is 1. The van der Waals surface area contributed by atoms with Crippen molar-refractivity contribution >= 4 is 35.0 Å². The zero-order valence-corrected chi connectivity index (χ0v) is 18.6. The number of piperidine rings is 1. The largest absolute Gasteiger partial charge is 0.350 e. The molecule has 7 heteroatoms. The van der Waals surface area contributed by atoms with Gasteiger partial charge in [0.15, 0.2) is 0 Å². The van der Waals surface area contributed by atoms with Gasteiger partial charge in [0, 0.05) is 13.1 Å². The van der Waals surface area contributed by atoms with Gasteiger partial charge in [-0.25, -0.2) is 0 Å². The SMILES string of the molecule is CC(NC(=O)c1cccc(Cl)c1Cl)C(=O)NCc1ccccc1CN1CCCCC1. The molecule has 0 bridgehead atoms. The van der Waals surface area contributed by atoms with Gasteiger partial charge >= 0.3 is 0 Å². The van der Waals surface area contributed by atoms with Crippen LogP contribution < -0.4 is 10.6 Å². The van der Waals surface area contributed by atoms with Gasteiger partial charge in [0.1, 0.15) is 6.04 Å². The molecule has 3 rings (SSSR count). The van der Waals surface area contributed by atoms with E-state index < -0.39 is 11.9 Å². The second-order valence-electron chi connectivity index (χ2n) is 7.62. The highest BCUT2D eigenvalue weighted by atomic mass is 35.5. The number of carbonyl (C=O) groups excluding carboxylic acids is 2. The molecule has 1 atom stereocenters. The van der Waals surface area contributed by atoms with E-state index in [1.54, 1.807) is 25.1 Å². The van der Waals surface area contributed by atoms with E-state index >= 15 is 0 Å². The van der Waals surface area contributed by atoms with Gasteiger partial charge in [-0.3, -0.25) is 14.5 Å². The first kappa shape index (κ1) is 22.6. The van der Waals surface area contributed by atoms with Crippen molar-refractivity contribution < 1.29 is 9.59 Å². The average Bonchev–Trinajstić information content (AvgIpc) is 2.75. The van der Waals surface area contributed by atoms with Crippen LogP contribution in [-0.2, 0) is 17.9 Å². The molecule has 0 aliphatic carbocycles. The Balaban J connectivity index is 1.56. The minimum Gasteiger partial charge on any atom is -0.350 e. The summed E-state index contributed by atoms with van der Waals surface area (Å²) >= 11 is 12.1. The van der Waals surface area contributed by atoms with Crippen molar-refractivity contribution in [3.63, 3.8) is 0 Å². The Labute approximate surface area is 187 Å². The summed E-state index contributed by atoms with van der Waals surface area (Å²) in [6.45, 7) is 5.20. The molecule has 0 aromatic heterocycles. The molecule has 0 radical (unpaired) electrons. The van der Waals surface area contributed by atoms with Gasteiger partial charge < -0.3 is 10.6 Å². The molecular formula is C23H27Cl2N3O2.